The van der Waals surface area contributed by atoms with Crippen LogP contribution in [0.2, 0.25) is 0 Å². The fraction of sp³-hybridized carbons (Fsp3) is 0.240. The average Bonchev–Trinajstić information content (AvgIpc) is 3.20. The van der Waals surface area contributed by atoms with E-state index in [-0.39, 0.29) is 11.7 Å². The van der Waals surface area contributed by atoms with Crippen molar-refractivity contribution in [3.8, 4) is 5.75 Å². The molecule has 0 saturated heterocycles. The zero-order valence-corrected chi connectivity index (χ0v) is 18.7. The van der Waals surface area contributed by atoms with Crippen LogP contribution in [0.25, 0.3) is 10.2 Å². The first-order valence-electron chi connectivity index (χ1n) is 10.6. The fourth-order valence-electron chi connectivity index (χ4n) is 4.53. The summed E-state index contributed by atoms with van der Waals surface area (Å²) in [7, 11) is 1.61. The molecule has 0 fully saturated rings. The van der Waals surface area contributed by atoms with Crippen LogP contribution in [-0.4, -0.2) is 23.8 Å². The second-order valence-corrected chi connectivity index (χ2v) is 9.01. The van der Waals surface area contributed by atoms with Gasteiger partial charge in [-0.2, -0.15) is 0 Å². The van der Waals surface area contributed by atoms with Crippen molar-refractivity contribution in [2.75, 3.05) is 12.4 Å². The van der Waals surface area contributed by atoms with E-state index in [1.54, 1.807) is 7.11 Å². The van der Waals surface area contributed by atoms with Crippen LogP contribution in [0.4, 0.5) is 5.13 Å². The minimum absolute atomic E-state index is 0.0874. The monoisotopic (exact) mass is 445 g/mol. The molecule has 2 aromatic carbocycles. The van der Waals surface area contributed by atoms with E-state index in [9.17, 15) is 9.59 Å². The molecule has 2 heterocycles. The number of thiazole rings is 1. The van der Waals surface area contributed by atoms with E-state index >= 15 is 0 Å². The van der Waals surface area contributed by atoms with Gasteiger partial charge in [0.05, 0.1) is 17.3 Å². The number of dihydropyridines is 1. The van der Waals surface area contributed by atoms with Crippen LogP contribution >= 0.6 is 11.3 Å². The molecule has 7 heteroatoms. The molecule has 5 rings (SSSR count). The summed E-state index contributed by atoms with van der Waals surface area (Å²) in [6, 6.07) is 15.4. The number of benzene rings is 2. The van der Waals surface area contributed by atoms with Gasteiger partial charge >= 0.3 is 0 Å². The van der Waals surface area contributed by atoms with Crippen LogP contribution < -0.4 is 15.4 Å². The summed E-state index contributed by atoms with van der Waals surface area (Å²) in [4.78, 5) is 31.1. The molecular formula is C25H23N3O3S. The lowest BCUT2D eigenvalue weighted by Gasteiger charge is -2.34. The minimum Gasteiger partial charge on any atom is -0.497 e. The van der Waals surface area contributed by atoms with Gasteiger partial charge in [0, 0.05) is 34.9 Å². The highest BCUT2D eigenvalue weighted by Gasteiger charge is 2.38. The number of fused-ring (bicyclic) bond motifs is 1. The third-order valence-corrected chi connectivity index (χ3v) is 6.91. The van der Waals surface area contributed by atoms with Gasteiger partial charge in [0.2, 0.25) is 0 Å². The topological polar surface area (TPSA) is 80.3 Å². The maximum atomic E-state index is 13.6. The summed E-state index contributed by atoms with van der Waals surface area (Å²) in [5.74, 6) is 0.0645. The predicted octanol–water partition coefficient (Wildman–Crippen LogP) is 4.91. The number of nitrogens with one attached hydrogen (secondary N) is 2. The number of ether oxygens (including phenoxy) is 1. The second kappa shape index (κ2) is 8.24. The van der Waals surface area contributed by atoms with Gasteiger partial charge in [-0.1, -0.05) is 35.6 Å². The van der Waals surface area contributed by atoms with Gasteiger partial charge in [-0.25, -0.2) is 4.98 Å². The normalized spacial score (nSPS) is 18.4. The van der Waals surface area contributed by atoms with Gasteiger partial charge in [-0.3, -0.25) is 14.9 Å². The molecule has 0 bridgehead atoms. The number of allylic oxidation sites excluding steroid dienone is 3. The Morgan fingerprint density at radius 1 is 1.19 bits per heavy atom. The lowest BCUT2D eigenvalue weighted by atomic mass is 9.75. The lowest BCUT2D eigenvalue weighted by Crippen LogP contribution is -2.35. The molecule has 1 aliphatic heterocycles. The maximum absolute atomic E-state index is 13.6. The first kappa shape index (κ1) is 20.5. The van der Waals surface area contributed by atoms with Gasteiger partial charge in [-0.15, -0.1) is 0 Å². The fourth-order valence-corrected chi connectivity index (χ4v) is 5.39. The highest BCUT2D eigenvalue weighted by atomic mass is 32.1. The van der Waals surface area contributed by atoms with Crippen LogP contribution in [-0.2, 0) is 9.59 Å². The van der Waals surface area contributed by atoms with Crippen LogP contribution in [0.5, 0.6) is 5.75 Å². The third kappa shape index (κ3) is 3.58. The number of Topliss-reactive ketones (excluding diaryl/α,β-unsaturated/α-hetero) is 1. The number of para-hydroxylation sites is 1. The zero-order valence-electron chi connectivity index (χ0n) is 17.9. The minimum atomic E-state index is -0.455. The Hall–Kier alpha value is -3.45. The predicted molar refractivity (Wildman–Crippen MR) is 126 cm³/mol. The number of anilines is 1. The summed E-state index contributed by atoms with van der Waals surface area (Å²) in [5, 5.41) is 6.86. The summed E-state index contributed by atoms with van der Waals surface area (Å²) < 4.78 is 6.43. The summed E-state index contributed by atoms with van der Waals surface area (Å²) in [5.41, 5.74) is 4.60. The molecule has 1 amide bonds. The standard InChI is InChI=1S/C25H23N3O3S/c1-14-21(24(30)28-25-27-17-9-3-4-12-20(17)32-25)22(15-7-5-8-16(13-15)31-2)23-18(26-14)10-6-11-19(23)29/h3-5,7-9,12-13,22,26H,6,10-11H2,1-2H3,(H,27,28,30)/t22-/m1/s1. The molecule has 0 spiro atoms. The van der Waals surface area contributed by atoms with Gasteiger partial charge in [0.15, 0.2) is 10.9 Å². The van der Waals surface area contributed by atoms with Crippen LogP contribution in [0.1, 0.15) is 37.7 Å². The SMILES string of the molecule is COc1cccc([C@@H]2C(C(=O)Nc3nc4ccccc4s3)=C(C)NC3=C2C(=O)CCC3)c1. The molecule has 2 aliphatic rings. The number of hydrogen-bond donors (Lipinski definition) is 2. The smallest absolute Gasteiger partial charge is 0.256 e. The number of hydrogen-bond acceptors (Lipinski definition) is 6. The van der Waals surface area contributed by atoms with Crippen molar-refractivity contribution >= 4 is 38.4 Å². The Kier molecular flexibility index (Phi) is 5.27. The third-order valence-electron chi connectivity index (χ3n) is 5.96. The highest BCUT2D eigenvalue weighted by molar-refractivity contribution is 7.22. The van der Waals surface area contributed by atoms with E-state index < -0.39 is 5.92 Å². The summed E-state index contributed by atoms with van der Waals surface area (Å²) >= 11 is 1.43. The molecular weight excluding hydrogens is 422 g/mol. The van der Waals surface area contributed by atoms with Crippen LogP contribution in [0, 0.1) is 0 Å². The Morgan fingerprint density at radius 3 is 2.84 bits per heavy atom. The number of carbonyl (C=O) groups is 2. The van der Waals surface area contributed by atoms with E-state index in [1.807, 2.05) is 55.5 Å². The van der Waals surface area contributed by atoms with Crippen molar-refractivity contribution in [2.24, 2.45) is 0 Å². The zero-order chi connectivity index (χ0) is 22.2. The molecule has 0 radical (unpaired) electrons. The average molecular weight is 446 g/mol. The van der Waals surface area contributed by atoms with Crippen molar-refractivity contribution in [2.45, 2.75) is 32.1 Å². The van der Waals surface area contributed by atoms with E-state index in [0.717, 1.165) is 40.0 Å². The molecule has 2 N–H and O–H groups in total. The number of methoxy groups -OCH3 is 1. The van der Waals surface area contributed by atoms with Gasteiger partial charge in [0.1, 0.15) is 5.75 Å². The number of aromatic nitrogens is 1. The molecule has 32 heavy (non-hydrogen) atoms. The van der Waals surface area contributed by atoms with Crippen molar-refractivity contribution in [1.29, 1.82) is 0 Å². The first-order valence-corrected chi connectivity index (χ1v) is 11.4. The molecule has 6 nitrogen and oxygen atoms in total. The largest absolute Gasteiger partial charge is 0.497 e. The van der Waals surface area contributed by atoms with Crippen LogP contribution in [0.3, 0.4) is 0 Å². The Labute approximate surface area is 190 Å². The highest BCUT2D eigenvalue weighted by Crippen LogP contribution is 2.43. The maximum Gasteiger partial charge on any atom is 0.256 e. The summed E-state index contributed by atoms with van der Waals surface area (Å²) in [6.07, 6.45) is 2.11. The molecule has 1 aromatic heterocycles. The van der Waals surface area contributed by atoms with Crippen molar-refractivity contribution < 1.29 is 14.3 Å². The number of nitrogens with zero attached hydrogens (tertiary/aromatic N) is 1. The van der Waals surface area contributed by atoms with Crippen molar-refractivity contribution in [1.82, 2.24) is 10.3 Å². The van der Waals surface area contributed by atoms with Gasteiger partial charge in [0.25, 0.3) is 5.91 Å². The number of carbonyl (C=O) groups excluding carboxylic acids is 2. The molecule has 3 aromatic rings. The molecule has 0 unspecified atom stereocenters. The van der Waals surface area contributed by atoms with E-state index in [2.05, 4.69) is 15.6 Å². The Balaban J connectivity index is 1.57. The number of ketones is 1. The van der Waals surface area contributed by atoms with Crippen molar-refractivity contribution in [3.05, 3.63) is 76.6 Å². The molecule has 1 aliphatic carbocycles. The number of amides is 1. The second-order valence-electron chi connectivity index (χ2n) is 7.98. The number of rotatable bonds is 4. The summed E-state index contributed by atoms with van der Waals surface area (Å²) in [6.45, 7) is 1.89. The van der Waals surface area contributed by atoms with E-state index in [0.29, 0.717) is 28.4 Å². The van der Waals surface area contributed by atoms with E-state index in [4.69, 9.17) is 4.74 Å². The quantitative estimate of drug-likeness (QED) is 0.596. The Morgan fingerprint density at radius 2 is 2.03 bits per heavy atom. The van der Waals surface area contributed by atoms with Crippen LogP contribution in [0.15, 0.2) is 71.1 Å². The first-order chi connectivity index (χ1) is 15.5. The van der Waals surface area contributed by atoms with E-state index in [1.165, 1.54) is 11.3 Å². The molecule has 0 saturated carbocycles. The molecule has 162 valence electrons. The lowest BCUT2D eigenvalue weighted by molar-refractivity contribution is -0.116. The molecule has 1 atom stereocenters. The van der Waals surface area contributed by atoms with Crippen molar-refractivity contribution in [3.63, 3.8) is 0 Å². The van der Waals surface area contributed by atoms with Gasteiger partial charge in [-0.05, 0) is 49.6 Å². The Bertz CT molecular complexity index is 1270. The van der Waals surface area contributed by atoms with Gasteiger partial charge < -0.3 is 10.1 Å².